The van der Waals surface area contributed by atoms with Crippen LogP contribution in [0.3, 0.4) is 0 Å². The number of hydrogen-bond acceptors (Lipinski definition) is 1. The van der Waals surface area contributed by atoms with Crippen molar-refractivity contribution in [3.8, 4) is 0 Å². The minimum atomic E-state index is -4.37. The maximum absolute atomic E-state index is 12.7. The lowest BCUT2D eigenvalue weighted by molar-refractivity contribution is -0.137. The molecule has 3 aromatic carbocycles. The first kappa shape index (κ1) is 20.9. The fourth-order valence-corrected chi connectivity index (χ4v) is 3.80. The smallest absolute Gasteiger partial charge is 0.343 e. The van der Waals surface area contributed by atoms with Crippen molar-refractivity contribution in [2.75, 3.05) is 0 Å². The summed E-state index contributed by atoms with van der Waals surface area (Å²) >= 11 is 0. The fraction of sp³-hybridized carbons (Fsp3) is 0.192. The van der Waals surface area contributed by atoms with Crippen LogP contribution in [0.15, 0.2) is 79.0 Å². The molecule has 31 heavy (non-hydrogen) atoms. The Kier molecular flexibility index (Phi) is 5.68. The van der Waals surface area contributed by atoms with Crippen molar-refractivity contribution in [3.63, 3.8) is 0 Å². The Hall–Kier alpha value is -3.34. The van der Waals surface area contributed by atoms with Crippen LogP contribution in [0.1, 0.15) is 27.8 Å². The van der Waals surface area contributed by atoms with Gasteiger partial charge in [-0.1, -0.05) is 60.2 Å². The van der Waals surface area contributed by atoms with Crippen LogP contribution in [0.25, 0.3) is 10.9 Å². The normalized spacial score (nSPS) is 11.7. The van der Waals surface area contributed by atoms with Gasteiger partial charge in [-0.15, -0.1) is 0 Å². The van der Waals surface area contributed by atoms with Gasteiger partial charge in [-0.2, -0.15) is 13.2 Å². The predicted molar refractivity (Wildman–Crippen MR) is 116 cm³/mol. The summed E-state index contributed by atoms with van der Waals surface area (Å²) in [6.07, 6.45) is -2.02. The lowest BCUT2D eigenvalue weighted by Crippen LogP contribution is -2.08. The van der Waals surface area contributed by atoms with Crippen LogP contribution < -0.4 is 0 Å². The number of benzene rings is 3. The van der Waals surface area contributed by atoms with Crippen LogP contribution in [-0.2, 0) is 30.4 Å². The summed E-state index contributed by atoms with van der Waals surface area (Å²) < 4.78 is 40.3. The van der Waals surface area contributed by atoms with Gasteiger partial charge in [-0.3, -0.25) is 4.79 Å². The van der Waals surface area contributed by atoms with Gasteiger partial charge in [0.15, 0.2) is 0 Å². The zero-order valence-electron chi connectivity index (χ0n) is 17.1. The number of nitrogens with zero attached hydrogens (tertiary/aromatic N) is 1. The van der Waals surface area contributed by atoms with Crippen LogP contribution in [-0.4, -0.2) is 10.4 Å². The molecule has 0 aliphatic heterocycles. The summed E-state index contributed by atoms with van der Waals surface area (Å²) in [6, 6.07) is 21.1. The molecule has 0 fully saturated rings. The molecule has 4 rings (SSSR count). The second-order valence-electron chi connectivity index (χ2n) is 7.87. The summed E-state index contributed by atoms with van der Waals surface area (Å²) in [7, 11) is 0. The van der Waals surface area contributed by atoms with Gasteiger partial charge in [0.05, 0.1) is 5.56 Å². The van der Waals surface area contributed by atoms with Crippen molar-refractivity contribution in [3.05, 3.63) is 107 Å². The van der Waals surface area contributed by atoms with E-state index in [1.165, 1.54) is 23.3 Å². The Morgan fingerprint density at radius 2 is 1.48 bits per heavy atom. The van der Waals surface area contributed by atoms with Crippen molar-refractivity contribution < 1.29 is 18.0 Å². The molecule has 0 amide bonds. The van der Waals surface area contributed by atoms with E-state index >= 15 is 0 Å². The molecule has 0 aliphatic rings. The van der Waals surface area contributed by atoms with E-state index in [-0.39, 0.29) is 18.6 Å². The molecule has 0 radical (unpaired) electrons. The van der Waals surface area contributed by atoms with E-state index in [1.54, 1.807) is 0 Å². The zero-order valence-corrected chi connectivity index (χ0v) is 17.1. The summed E-state index contributed by atoms with van der Waals surface area (Å²) in [5, 5.41) is 1.02. The van der Waals surface area contributed by atoms with Gasteiger partial charge in [-0.05, 0) is 41.8 Å². The first-order valence-electron chi connectivity index (χ1n) is 10.1. The molecular weight excluding hydrogens is 399 g/mol. The van der Waals surface area contributed by atoms with Crippen molar-refractivity contribution in [2.24, 2.45) is 0 Å². The molecule has 0 saturated heterocycles. The summed E-state index contributed by atoms with van der Waals surface area (Å²) in [6.45, 7) is 2.75. The van der Waals surface area contributed by atoms with Crippen LogP contribution in [0.5, 0.6) is 0 Å². The highest BCUT2D eigenvalue weighted by Crippen LogP contribution is 2.29. The summed E-state index contributed by atoms with van der Waals surface area (Å²) in [4.78, 5) is 12.7. The van der Waals surface area contributed by atoms with Gasteiger partial charge in [0.25, 0.3) is 0 Å². The molecule has 158 valence electrons. The van der Waals surface area contributed by atoms with Gasteiger partial charge >= 0.3 is 6.18 Å². The average Bonchev–Trinajstić information content (AvgIpc) is 3.07. The van der Waals surface area contributed by atoms with Crippen LogP contribution >= 0.6 is 0 Å². The van der Waals surface area contributed by atoms with E-state index in [9.17, 15) is 18.0 Å². The maximum atomic E-state index is 12.7. The third-order valence-electron chi connectivity index (χ3n) is 5.41. The molecule has 0 unspecified atom stereocenters. The molecule has 0 aliphatic carbocycles. The van der Waals surface area contributed by atoms with Crippen molar-refractivity contribution >= 4 is 16.7 Å². The quantitative estimate of drug-likeness (QED) is 0.355. The summed E-state index contributed by atoms with van der Waals surface area (Å²) in [5.74, 6) is -0.0296. The Balaban J connectivity index is 1.53. The number of hydrogen-bond donors (Lipinski definition) is 0. The van der Waals surface area contributed by atoms with Crippen molar-refractivity contribution in [1.29, 1.82) is 0 Å². The highest BCUT2D eigenvalue weighted by atomic mass is 19.4. The number of fused-ring (bicyclic) bond motifs is 1. The van der Waals surface area contributed by atoms with E-state index < -0.39 is 11.7 Å². The molecule has 1 aromatic heterocycles. The number of halogens is 3. The summed E-state index contributed by atoms with van der Waals surface area (Å²) in [5.41, 5.74) is 4.24. The molecule has 0 spiro atoms. The highest BCUT2D eigenvalue weighted by molar-refractivity contribution is 5.91. The van der Waals surface area contributed by atoms with Crippen molar-refractivity contribution in [1.82, 2.24) is 4.57 Å². The number of alkyl halides is 3. The molecule has 1 heterocycles. The number of carbonyl (C=O) groups is 1. The van der Waals surface area contributed by atoms with Crippen LogP contribution in [0.2, 0.25) is 0 Å². The minimum Gasteiger partial charge on any atom is -0.343 e. The number of aryl methyl sites for hydroxylation is 1. The molecule has 2 nitrogen and oxygen atoms in total. The van der Waals surface area contributed by atoms with E-state index in [0.717, 1.165) is 28.6 Å². The van der Waals surface area contributed by atoms with E-state index in [4.69, 9.17) is 0 Å². The van der Waals surface area contributed by atoms with E-state index in [0.29, 0.717) is 12.1 Å². The van der Waals surface area contributed by atoms with E-state index in [2.05, 4.69) is 35.8 Å². The Bertz CT molecular complexity index is 1200. The monoisotopic (exact) mass is 421 g/mol. The molecule has 4 aromatic rings. The van der Waals surface area contributed by atoms with E-state index in [1.807, 2.05) is 30.5 Å². The second kappa shape index (κ2) is 8.42. The van der Waals surface area contributed by atoms with Gasteiger partial charge < -0.3 is 4.57 Å². The number of ketones is 1. The number of para-hydroxylation sites is 1. The number of Topliss-reactive ketones (excluding diaryl/α,β-unsaturated/α-hetero) is 1. The standard InChI is InChI=1S/C26H22F3NO/c1-18-6-8-20(9-7-18)16-30-17-21(24-4-2-3-5-25(24)30)15-23(31)14-19-10-12-22(13-11-19)26(27,28)29/h2-13,17H,14-16H2,1H3. The molecule has 0 atom stereocenters. The van der Waals surface area contributed by atoms with Gasteiger partial charge in [0.2, 0.25) is 0 Å². The topological polar surface area (TPSA) is 22.0 Å². The largest absolute Gasteiger partial charge is 0.416 e. The Morgan fingerprint density at radius 1 is 0.839 bits per heavy atom. The first-order chi connectivity index (χ1) is 14.8. The van der Waals surface area contributed by atoms with Crippen molar-refractivity contribution in [2.45, 2.75) is 32.5 Å². The Labute approximate surface area is 178 Å². The molecule has 5 heteroatoms. The van der Waals surface area contributed by atoms with Crippen LogP contribution in [0.4, 0.5) is 13.2 Å². The molecule has 0 saturated carbocycles. The fourth-order valence-electron chi connectivity index (χ4n) is 3.80. The number of rotatable bonds is 6. The lowest BCUT2D eigenvalue weighted by Gasteiger charge is -2.07. The first-order valence-corrected chi connectivity index (χ1v) is 10.1. The zero-order chi connectivity index (χ0) is 22.0. The predicted octanol–water partition coefficient (Wildman–Crippen LogP) is 6.37. The molecule has 0 N–H and O–H groups in total. The van der Waals surface area contributed by atoms with Gasteiger partial charge in [-0.25, -0.2) is 0 Å². The van der Waals surface area contributed by atoms with Gasteiger partial charge in [0.1, 0.15) is 5.78 Å². The molecular formula is C26H22F3NO. The van der Waals surface area contributed by atoms with Crippen LogP contribution in [0, 0.1) is 6.92 Å². The third kappa shape index (κ3) is 4.88. The highest BCUT2D eigenvalue weighted by Gasteiger charge is 2.30. The lowest BCUT2D eigenvalue weighted by atomic mass is 10.0. The second-order valence-corrected chi connectivity index (χ2v) is 7.87. The number of carbonyl (C=O) groups excluding carboxylic acids is 1. The molecule has 0 bridgehead atoms. The third-order valence-corrected chi connectivity index (χ3v) is 5.41. The Morgan fingerprint density at radius 3 is 2.16 bits per heavy atom. The maximum Gasteiger partial charge on any atom is 0.416 e. The SMILES string of the molecule is Cc1ccc(Cn2cc(CC(=O)Cc3ccc(C(F)(F)F)cc3)c3ccccc32)cc1. The van der Waals surface area contributed by atoms with Gasteiger partial charge in [0, 0.05) is 36.5 Å². The minimum absolute atomic E-state index is 0.0296. The average molecular weight is 421 g/mol. The number of aromatic nitrogens is 1.